The van der Waals surface area contributed by atoms with Crippen LogP contribution in [0.15, 0.2) is 79.0 Å². The highest BCUT2D eigenvalue weighted by Crippen LogP contribution is 2.40. The van der Waals surface area contributed by atoms with Crippen molar-refractivity contribution >= 4 is 20.7 Å². The number of benzene rings is 3. The topological polar surface area (TPSA) is 67.3 Å². The third-order valence-corrected chi connectivity index (χ3v) is 8.99. The Kier molecular flexibility index (Phi) is 6.70. The fraction of sp³-hybridized carbons (Fsp3) is 0.250. The monoisotopic (exact) mass is 513 g/mol. The summed E-state index contributed by atoms with van der Waals surface area (Å²) >= 11 is 0. The summed E-state index contributed by atoms with van der Waals surface area (Å²) in [5, 5.41) is 10.5. The van der Waals surface area contributed by atoms with Crippen LogP contribution >= 0.6 is 0 Å². The first-order valence-electron chi connectivity index (χ1n) is 11.4. The number of aliphatic hydroxyl groups excluding tert-OH is 1. The number of fused-ring (bicyclic) bond motifs is 1. The molecule has 8 heteroatoms. The van der Waals surface area contributed by atoms with E-state index in [4.69, 9.17) is 0 Å². The average molecular weight is 514 g/mol. The van der Waals surface area contributed by atoms with Crippen LogP contribution in [0.3, 0.4) is 0 Å². The molecule has 0 saturated carbocycles. The third-order valence-electron chi connectivity index (χ3n) is 6.83. The van der Waals surface area contributed by atoms with E-state index in [0.29, 0.717) is 28.6 Å². The standard InChI is InChI=1S/C28H26F3NO3S/c1-4-27(2,36(3,34)35)23-16-21-12-7-13-32-25(21)24(17-23)20-10-5-8-18(14-20)19-9-6-11-22(15-19)26(33)28(29,30)31/h5-17,26,33H,4H2,1-3H3. The van der Waals surface area contributed by atoms with E-state index in [1.807, 2.05) is 37.3 Å². The van der Waals surface area contributed by atoms with E-state index in [-0.39, 0.29) is 5.56 Å². The van der Waals surface area contributed by atoms with Gasteiger partial charge in [-0.15, -0.1) is 0 Å². The van der Waals surface area contributed by atoms with E-state index in [1.165, 1.54) is 24.5 Å². The second-order valence-corrected chi connectivity index (χ2v) is 11.6. The molecular formula is C28H26F3NO3S. The maximum Gasteiger partial charge on any atom is 0.418 e. The summed E-state index contributed by atoms with van der Waals surface area (Å²) in [7, 11) is -3.45. The Hall–Kier alpha value is -3.23. The fourth-order valence-electron chi connectivity index (χ4n) is 4.34. The highest BCUT2D eigenvalue weighted by atomic mass is 32.2. The largest absolute Gasteiger partial charge is 0.418 e. The van der Waals surface area contributed by atoms with Gasteiger partial charge in [0.25, 0.3) is 0 Å². The van der Waals surface area contributed by atoms with Crippen molar-refractivity contribution in [3.05, 3.63) is 90.1 Å². The molecule has 1 heterocycles. The van der Waals surface area contributed by atoms with Crippen molar-refractivity contribution in [1.29, 1.82) is 0 Å². The van der Waals surface area contributed by atoms with Gasteiger partial charge >= 0.3 is 6.18 Å². The van der Waals surface area contributed by atoms with Gasteiger partial charge < -0.3 is 5.11 Å². The van der Waals surface area contributed by atoms with Crippen LogP contribution in [0.1, 0.15) is 37.5 Å². The molecule has 4 aromatic rings. The van der Waals surface area contributed by atoms with E-state index >= 15 is 0 Å². The molecule has 0 bridgehead atoms. The SMILES string of the molecule is CCC(C)(c1cc(-c2cccc(-c3cccc(C(O)C(F)(F)F)c3)c2)c2ncccc2c1)S(C)(=O)=O. The number of aliphatic hydroxyl groups is 1. The molecule has 0 aliphatic heterocycles. The number of sulfone groups is 1. The number of alkyl halides is 3. The van der Waals surface area contributed by atoms with Gasteiger partial charge in [0, 0.05) is 23.4 Å². The predicted molar refractivity (Wildman–Crippen MR) is 136 cm³/mol. The van der Waals surface area contributed by atoms with Crippen LogP contribution in [0.4, 0.5) is 13.2 Å². The number of pyridine rings is 1. The minimum Gasteiger partial charge on any atom is -0.379 e. The van der Waals surface area contributed by atoms with Gasteiger partial charge in [0.15, 0.2) is 15.9 Å². The highest BCUT2D eigenvalue weighted by molar-refractivity contribution is 7.91. The van der Waals surface area contributed by atoms with Crippen LogP contribution < -0.4 is 0 Å². The molecule has 36 heavy (non-hydrogen) atoms. The zero-order chi connectivity index (χ0) is 26.3. The number of halogens is 3. The van der Waals surface area contributed by atoms with Crippen molar-refractivity contribution in [2.45, 2.75) is 37.3 Å². The van der Waals surface area contributed by atoms with E-state index in [9.17, 15) is 26.7 Å². The van der Waals surface area contributed by atoms with Gasteiger partial charge in [-0.2, -0.15) is 13.2 Å². The molecule has 0 aliphatic carbocycles. The molecule has 1 aromatic heterocycles. The maximum atomic E-state index is 13.1. The van der Waals surface area contributed by atoms with Gasteiger partial charge in [0.05, 0.1) is 10.3 Å². The van der Waals surface area contributed by atoms with Gasteiger partial charge in [-0.1, -0.05) is 49.4 Å². The lowest BCUT2D eigenvalue weighted by Gasteiger charge is -2.28. The minimum absolute atomic E-state index is 0.244. The number of hydrogen-bond acceptors (Lipinski definition) is 4. The normalized spacial score (nSPS) is 15.0. The van der Waals surface area contributed by atoms with Crippen molar-refractivity contribution in [3.63, 3.8) is 0 Å². The predicted octanol–water partition coefficient (Wildman–Crippen LogP) is 6.83. The smallest absolute Gasteiger partial charge is 0.379 e. The summed E-state index contributed by atoms with van der Waals surface area (Å²) in [4.78, 5) is 4.53. The zero-order valence-electron chi connectivity index (χ0n) is 20.0. The Balaban J connectivity index is 1.89. The number of hydrogen-bond donors (Lipinski definition) is 1. The van der Waals surface area contributed by atoms with Gasteiger partial charge in [-0.05, 0) is 71.5 Å². The van der Waals surface area contributed by atoms with Crippen molar-refractivity contribution in [3.8, 4) is 22.3 Å². The average Bonchev–Trinajstić information content (AvgIpc) is 2.86. The number of aromatic nitrogens is 1. The highest BCUT2D eigenvalue weighted by Gasteiger charge is 2.39. The summed E-state index contributed by atoms with van der Waals surface area (Å²) in [6, 6.07) is 20.3. The number of rotatable bonds is 6. The molecular weight excluding hydrogens is 487 g/mol. The lowest BCUT2D eigenvalue weighted by Crippen LogP contribution is -2.31. The molecule has 4 rings (SSSR count). The summed E-state index contributed by atoms with van der Waals surface area (Å²) in [6.45, 7) is 3.54. The molecule has 0 radical (unpaired) electrons. The molecule has 0 aliphatic rings. The molecule has 0 saturated heterocycles. The third kappa shape index (κ3) is 4.75. The van der Waals surface area contributed by atoms with Crippen molar-refractivity contribution in [2.75, 3.05) is 6.26 Å². The van der Waals surface area contributed by atoms with E-state index in [2.05, 4.69) is 4.98 Å². The Morgan fingerprint density at radius 1 is 0.917 bits per heavy atom. The Morgan fingerprint density at radius 2 is 1.56 bits per heavy atom. The molecule has 0 spiro atoms. The van der Waals surface area contributed by atoms with Crippen LogP contribution in [0.5, 0.6) is 0 Å². The van der Waals surface area contributed by atoms with Gasteiger partial charge in [-0.3, -0.25) is 4.98 Å². The van der Waals surface area contributed by atoms with Crippen LogP contribution in [0.25, 0.3) is 33.2 Å². The van der Waals surface area contributed by atoms with Crippen LogP contribution in [0, 0.1) is 0 Å². The van der Waals surface area contributed by atoms with Crippen molar-refractivity contribution < 1.29 is 26.7 Å². The second kappa shape index (κ2) is 9.33. The maximum absolute atomic E-state index is 13.1. The lowest BCUT2D eigenvalue weighted by atomic mass is 9.90. The number of nitrogens with zero attached hydrogens (tertiary/aromatic N) is 1. The summed E-state index contributed by atoms with van der Waals surface area (Å²) < 4.78 is 63.5. The van der Waals surface area contributed by atoms with E-state index in [1.54, 1.807) is 37.4 Å². The molecule has 0 fully saturated rings. The Morgan fingerprint density at radius 3 is 2.19 bits per heavy atom. The first-order chi connectivity index (χ1) is 16.8. The van der Waals surface area contributed by atoms with E-state index in [0.717, 1.165) is 16.5 Å². The Labute approximate surface area is 208 Å². The van der Waals surface area contributed by atoms with Crippen molar-refractivity contribution in [2.24, 2.45) is 0 Å². The second-order valence-electron chi connectivity index (χ2n) is 9.11. The first-order valence-corrected chi connectivity index (χ1v) is 13.3. The van der Waals surface area contributed by atoms with Gasteiger partial charge in [-0.25, -0.2) is 8.42 Å². The molecule has 2 unspecified atom stereocenters. The van der Waals surface area contributed by atoms with Gasteiger partial charge in [0.2, 0.25) is 0 Å². The lowest BCUT2D eigenvalue weighted by molar-refractivity contribution is -0.206. The summed E-state index contributed by atoms with van der Waals surface area (Å²) in [5.74, 6) is 0. The molecule has 3 aromatic carbocycles. The van der Waals surface area contributed by atoms with Crippen LogP contribution in [0.2, 0.25) is 0 Å². The quantitative estimate of drug-likeness (QED) is 0.307. The van der Waals surface area contributed by atoms with Gasteiger partial charge in [0.1, 0.15) is 0 Å². The minimum atomic E-state index is -4.77. The zero-order valence-corrected chi connectivity index (χ0v) is 20.9. The molecule has 2 atom stereocenters. The molecule has 0 amide bonds. The fourth-order valence-corrected chi connectivity index (χ4v) is 5.41. The van der Waals surface area contributed by atoms with E-state index < -0.39 is 26.9 Å². The molecule has 1 N–H and O–H groups in total. The van der Waals surface area contributed by atoms with Crippen LogP contribution in [-0.4, -0.2) is 30.9 Å². The molecule has 188 valence electrons. The molecule has 4 nitrogen and oxygen atoms in total. The first kappa shape index (κ1) is 25.9. The summed E-state index contributed by atoms with van der Waals surface area (Å²) in [5.41, 5.74) is 3.72. The summed E-state index contributed by atoms with van der Waals surface area (Å²) in [6.07, 6.45) is -4.07. The van der Waals surface area contributed by atoms with Crippen LogP contribution in [-0.2, 0) is 14.6 Å². The van der Waals surface area contributed by atoms with Crippen molar-refractivity contribution in [1.82, 2.24) is 4.98 Å². The Bertz CT molecular complexity index is 1530.